The fraction of sp³-hybridized carbons (Fsp3) is 0.300. The predicted octanol–water partition coefficient (Wildman–Crippen LogP) is 2.08. The Labute approximate surface area is 72.6 Å². The Bertz CT molecular complexity index is 233. The van der Waals surface area contributed by atoms with Crippen LogP contribution in [0.5, 0.6) is 0 Å². The van der Waals surface area contributed by atoms with Gasteiger partial charge in [-0.25, -0.2) is 0 Å². The van der Waals surface area contributed by atoms with Crippen molar-refractivity contribution < 1.29 is 4.79 Å². The first-order chi connectivity index (χ1) is 5.86. The molecule has 2 heteroatoms. The average Bonchev–Trinajstić information content (AvgIpc) is 2.16. The zero-order valence-corrected chi connectivity index (χ0v) is 7.16. The van der Waals surface area contributed by atoms with Gasteiger partial charge in [0.1, 0.15) is 6.29 Å². The molecule has 0 saturated carbocycles. The molecular formula is C10H13NO. The smallest absolute Gasteiger partial charge is 0.142 e. The largest absolute Gasteiger partial charge is 0.376 e. The molecule has 1 rings (SSSR count). The highest BCUT2D eigenvalue weighted by Gasteiger charge is 2.01. The third-order valence-corrected chi connectivity index (χ3v) is 1.73. The third kappa shape index (κ3) is 2.38. The molecule has 0 saturated heterocycles. The molecule has 0 aromatic heterocycles. The van der Waals surface area contributed by atoms with Crippen molar-refractivity contribution in [3.8, 4) is 0 Å². The molecule has 2 nitrogen and oxygen atoms in total. The molecule has 1 aromatic rings. The van der Waals surface area contributed by atoms with Crippen LogP contribution < -0.4 is 5.32 Å². The van der Waals surface area contributed by atoms with E-state index >= 15 is 0 Å². The van der Waals surface area contributed by atoms with E-state index in [2.05, 4.69) is 5.32 Å². The van der Waals surface area contributed by atoms with Crippen molar-refractivity contribution in [3.05, 3.63) is 30.3 Å². The van der Waals surface area contributed by atoms with E-state index in [4.69, 9.17) is 0 Å². The standard InChI is InChI=1S/C10H13NO/c1-2-9(8-12)11-10-6-4-3-5-7-10/h3-9,11H,2H2,1H3. The van der Waals surface area contributed by atoms with Crippen molar-refractivity contribution in [3.63, 3.8) is 0 Å². The van der Waals surface area contributed by atoms with Gasteiger partial charge in [0, 0.05) is 5.69 Å². The summed E-state index contributed by atoms with van der Waals surface area (Å²) in [7, 11) is 0. The molecule has 64 valence electrons. The SMILES string of the molecule is CCC(C=O)Nc1ccccc1. The fourth-order valence-corrected chi connectivity index (χ4v) is 0.981. The van der Waals surface area contributed by atoms with Crippen LogP contribution in [0.2, 0.25) is 0 Å². The van der Waals surface area contributed by atoms with Gasteiger partial charge in [-0.15, -0.1) is 0 Å². The van der Waals surface area contributed by atoms with E-state index < -0.39 is 0 Å². The van der Waals surface area contributed by atoms with Gasteiger partial charge in [-0.1, -0.05) is 25.1 Å². The summed E-state index contributed by atoms with van der Waals surface area (Å²) in [5.74, 6) is 0. The first-order valence-electron chi connectivity index (χ1n) is 4.13. The Morgan fingerprint density at radius 1 is 1.42 bits per heavy atom. The minimum absolute atomic E-state index is 0.0626. The molecular weight excluding hydrogens is 150 g/mol. The van der Waals surface area contributed by atoms with Crippen molar-refractivity contribution in [1.29, 1.82) is 0 Å². The number of hydrogen-bond donors (Lipinski definition) is 1. The average molecular weight is 163 g/mol. The Hall–Kier alpha value is -1.31. The van der Waals surface area contributed by atoms with Crippen LogP contribution in [0.25, 0.3) is 0 Å². The Kier molecular flexibility index (Phi) is 3.33. The van der Waals surface area contributed by atoms with Gasteiger partial charge in [0.2, 0.25) is 0 Å². The van der Waals surface area contributed by atoms with E-state index in [1.165, 1.54) is 0 Å². The topological polar surface area (TPSA) is 29.1 Å². The lowest BCUT2D eigenvalue weighted by Gasteiger charge is -2.10. The van der Waals surface area contributed by atoms with E-state index in [1.54, 1.807) is 0 Å². The van der Waals surface area contributed by atoms with Crippen LogP contribution >= 0.6 is 0 Å². The quantitative estimate of drug-likeness (QED) is 0.688. The maximum absolute atomic E-state index is 10.5. The summed E-state index contributed by atoms with van der Waals surface area (Å²) in [5, 5.41) is 3.11. The van der Waals surface area contributed by atoms with Gasteiger partial charge < -0.3 is 10.1 Å². The first-order valence-corrected chi connectivity index (χ1v) is 4.13. The van der Waals surface area contributed by atoms with Crippen LogP contribution in [0, 0.1) is 0 Å². The Morgan fingerprint density at radius 2 is 2.08 bits per heavy atom. The van der Waals surface area contributed by atoms with Gasteiger partial charge in [0.05, 0.1) is 6.04 Å². The summed E-state index contributed by atoms with van der Waals surface area (Å²) < 4.78 is 0. The van der Waals surface area contributed by atoms with Crippen LogP contribution in [-0.2, 0) is 4.79 Å². The number of hydrogen-bond acceptors (Lipinski definition) is 2. The first kappa shape index (κ1) is 8.78. The maximum Gasteiger partial charge on any atom is 0.142 e. The molecule has 1 aromatic carbocycles. The van der Waals surface area contributed by atoms with Gasteiger partial charge in [-0.2, -0.15) is 0 Å². The van der Waals surface area contributed by atoms with Crippen LogP contribution in [0.1, 0.15) is 13.3 Å². The molecule has 0 aliphatic rings. The molecule has 0 amide bonds. The lowest BCUT2D eigenvalue weighted by Crippen LogP contribution is -2.19. The molecule has 1 atom stereocenters. The predicted molar refractivity (Wildman–Crippen MR) is 50.2 cm³/mol. The normalized spacial score (nSPS) is 12.1. The summed E-state index contributed by atoms with van der Waals surface area (Å²) in [6.07, 6.45) is 1.76. The van der Waals surface area contributed by atoms with E-state index in [1.807, 2.05) is 37.3 Å². The highest BCUT2D eigenvalue weighted by Crippen LogP contribution is 2.07. The molecule has 0 bridgehead atoms. The molecule has 0 heterocycles. The minimum Gasteiger partial charge on any atom is -0.376 e. The summed E-state index contributed by atoms with van der Waals surface area (Å²) >= 11 is 0. The number of aldehydes is 1. The molecule has 1 N–H and O–H groups in total. The second kappa shape index (κ2) is 4.54. The monoisotopic (exact) mass is 163 g/mol. The van der Waals surface area contributed by atoms with Gasteiger partial charge in [0.15, 0.2) is 0 Å². The number of benzene rings is 1. The zero-order chi connectivity index (χ0) is 8.81. The lowest BCUT2D eigenvalue weighted by atomic mass is 10.2. The summed E-state index contributed by atoms with van der Waals surface area (Å²) in [6, 6.07) is 9.68. The van der Waals surface area contributed by atoms with E-state index in [0.717, 1.165) is 18.4 Å². The summed E-state index contributed by atoms with van der Waals surface area (Å²) in [6.45, 7) is 1.98. The molecule has 0 aliphatic heterocycles. The fourth-order valence-electron chi connectivity index (χ4n) is 0.981. The van der Waals surface area contributed by atoms with Crippen molar-refractivity contribution in [2.45, 2.75) is 19.4 Å². The molecule has 12 heavy (non-hydrogen) atoms. The summed E-state index contributed by atoms with van der Waals surface area (Å²) in [5.41, 5.74) is 0.997. The van der Waals surface area contributed by atoms with Crippen LogP contribution in [0.3, 0.4) is 0 Å². The van der Waals surface area contributed by atoms with Gasteiger partial charge in [-0.3, -0.25) is 0 Å². The highest BCUT2D eigenvalue weighted by atomic mass is 16.1. The molecule has 1 unspecified atom stereocenters. The number of para-hydroxylation sites is 1. The Balaban J connectivity index is 2.56. The Morgan fingerprint density at radius 3 is 2.58 bits per heavy atom. The van der Waals surface area contributed by atoms with Crippen molar-refractivity contribution in [2.75, 3.05) is 5.32 Å². The maximum atomic E-state index is 10.5. The highest BCUT2D eigenvalue weighted by molar-refractivity contribution is 5.64. The number of carbonyl (C=O) groups is 1. The van der Waals surface area contributed by atoms with E-state index in [-0.39, 0.29) is 6.04 Å². The second-order valence-corrected chi connectivity index (χ2v) is 2.66. The van der Waals surface area contributed by atoms with Gasteiger partial charge in [-0.05, 0) is 18.6 Å². The zero-order valence-electron chi connectivity index (χ0n) is 7.16. The van der Waals surface area contributed by atoms with Gasteiger partial charge in [0.25, 0.3) is 0 Å². The van der Waals surface area contributed by atoms with Crippen molar-refractivity contribution in [1.82, 2.24) is 0 Å². The van der Waals surface area contributed by atoms with Crippen molar-refractivity contribution in [2.24, 2.45) is 0 Å². The molecule has 0 fully saturated rings. The van der Waals surface area contributed by atoms with E-state index in [0.29, 0.717) is 0 Å². The number of anilines is 1. The number of nitrogens with one attached hydrogen (secondary N) is 1. The summed E-state index contributed by atoms with van der Waals surface area (Å²) in [4.78, 5) is 10.5. The van der Waals surface area contributed by atoms with Crippen molar-refractivity contribution >= 4 is 12.0 Å². The number of carbonyl (C=O) groups excluding carboxylic acids is 1. The van der Waals surface area contributed by atoms with Gasteiger partial charge >= 0.3 is 0 Å². The van der Waals surface area contributed by atoms with Crippen LogP contribution in [0.4, 0.5) is 5.69 Å². The molecule has 0 spiro atoms. The number of rotatable bonds is 4. The molecule has 0 radical (unpaired) electrons. The second-order valence-electron chi connectivity index (χ2n) is 2.66. The lowest BCUT2D eigenvalue weighted by molar-refractivity contribution is -0.108. The van der Waals surface area contributed by atoms with E-state index in [9.17, 15) is 4.79 Å². The minimum atomic E-state index is -0.0626. The third-order valence-electron chi connectivity index (χ3n) is 1.73. The van der Waals surface area contributed by atoms with Crippen LogP contribution in [0.15, 0.2) is 30.3 Å². The molecule has 0 aliphatic carbocycles. The van der Waals surface area contributed by atoms with Crippen LogP contribution in [-0.4, -0.2) is 12.3 Å².